The molecule has 2 aromatic rings. The molecule has 2 aromatic carbocycles. The lowest BCUT2D eigenvalue weighted by atomic mass is 10.1. The first-order valence-electron chi connectivity index (χ1n) is 6.49. The molecule has 102 valence electrons. The van der Waals surface area contributed by atoms with Gasteiger partial charge >= 0.3 is 0 Å². The van der Waals surface area contributed by atoms with Gasteiger partial charge in [0.05, 0.1) is 0 Å². The van der Waals surface area contributed by atoms with Crippen molar-refractivity contribution in [3.8, 4) is 0 Å². The highest BCUT2D eigenvalue weighted by Crippen LogP contribution is 2.34. The number of rotatable bonds is 3. The maximum Gasteiger partial charge on any atom is 0.251 e. The zero-order valence-electron chi connectivity index (χ0n) is 11.4. The molecule has 0 spiro atoms. The quantitative estimate of drug-likeness (QED) is 0.842. The molecule has 20 heavy (non-hydrogen) atoms. The summed E-state index contributed by atoms with van der Waals surface area (Å²) in [6, 6.07) is 13.8. The fourth-order valence-corrected chi connectivity index (χ4v) is 2.79. The lowest BCUT2D eigenvalue weighted by Gasteiger charge is -2.13. The second-order valence-corrected chi connectivity index (χ2v) is 5.77. The molecule has 0 radical (unpaired) electrons. The van der Waals surface area contributed by atoms with Crippen LogP contribution in [0, 0.1) is 6.92 Å². The van der Waals surface area contributed by atoms with Crippen molar-refractivity contribution < 1.29 is 4.79 Å². The minimum atomic E-state index is -0.315. The lowest BCUT2D eigenvalue weighted by Crippen LogP contribution is -2.19. The van der Waals surface area contributed by atoms with Gasteiger partial charge in [0, 0.05) is 21.8 Å². The van der Waals surface area contributed by atoms with Crippen LogP contribution in [0.5, 0.6) is 0 Å². The summed E-state index contributed by atoms with van der Waals surface area (Å²) in [6.45, 7) is 2.04. The van der Waals surface area contributed by atoms with Crippen molar-refractivity contribution in [3.63, 3.8) is 0 Å². The molecular weight excluding hydrogens is 268 g/mol. The van der Waals surface area contributed by atoms with E-state index in [1.54, 1.807) is 11.8 Å². The first-order chi connectivity index (χ1) is 9.67. The molecule has 3 nitrogen and oxygen atoms in total. The number of carbonyl (C=O) groups excluding carboxylic acids is 1. The fraction of sp³-hybridized carbons (Fsp3) is 0.188. The van der Waals surface area contributed by atoms with E-state index in [0.29, 0.717) is 0 Å². The average Bonchev–Trinajstić information content (AvgIpc) is 2.76. The number of fused-ring (bicyclic) bond motifs is 1. The molecule has 1 aliphatic rings. The van der Waals surface area contributed by atoms with Crippen LogP contribution in [0.1, 0.15) is 17.2 Å². The summed E-state index contributed by atoms with van der Waals surface area (Å²) in [6.07, 6.45) is 2.05. The second kappa shape index (κ2) is 5.21. The Morgan fingerprint density at radius 1 is 1.15 bits per heavy atom. The molecule has 1 aliphatic heterocycles. The van der Waals surface area contributed by atoms with Crippen molar-refractivity contribution >= 4 is 29.0 Å². The number of thioether (sulfide) groups is 1. The van der Waals surface area contributed by atoms with E-state index in [2.05, 4.69) is 28.8 Å². The molecule has 0 saturated heterocycles. The largest absolute Gasteiger partial charge is 0.370 e. The number of hydrogen-bond donors (Lipinski definition) is 2. The Balaban J connectivity index is 1.87. The second-order valence-electron chi connectivity index (χ2n) is 4.89. The summed E-state index contributed by atoms with van der Waals surface area (Å²) in [7, 11) is 0. The Morgan fingerprint density at radius 2 is 1.90 bits per heavy atom. The van der Waals surface area contributed by atoms with Crippen LogP contribution in [-0.4, -0.2) is 12.2 Å². The Kier molecular flexibility index (Phi) is 3.40. The van der Waals surface area contributed by atoms with E-state index in [-0.39, 0.29) is 11.9 Å². The monoisotopic (exact) mass is 284 g/mol. The summed E-state index contributed by atoms with van der Waals surface area (Å²) in [5.74, 6) is -0.000423. The topological polar surface area (TPSA) is 41.1 Å². The summed E-state index contributed by atoms with van der Waals surface area (Å²) < 4.78 is 0. The third-order valence-corrected chi connectivity index (χ3v) is 4.18. The molecule has 0 aliphatic carbocycles. The maximum absolute atomic E-state index is 12.1. The summed E-state index contributed by atoms with van der Waals surface area (Å²) in [5, 5.41) is 6.22. The van der Waals surface area contributed by atoms with E-state index < -0.39 is 0 Å². The van der Waals surface area contributed by atoms with Crippen LogP contribution in [-0.2, 0) is 4.79 Å². The Labute approximate surface area is 122 Å². The Bertz CT molecular complexity index is 652. The van der Waals surface area contributed by atoms with Crippen molar-refractivity contribution in [1.82, 2.24) is 0 Å². The summed E-state index contributed by atoms with van der Waals surface area (Å²) in [5.41, 5.74) is 4.03. The fourth-order valence-electron chi connectivity index (χ4n) is 2.38. The van der Waals surface area contributed by atoms with Gasteiger partial charge in [-0.05, 0) is 43.5 Å². The number of carbonyl (C=O) groups is 1. The molecule has 1 unspecified atom stereocenters. The third kappa shape index (κ3) is 2.39. The number of aryl methyl sites for hydroxylation is 1. The lowest BCUT2D eigenvalue weighted by molar-refractivity contribution is -0.116. The van der Waals surface area contributed by atoms with Gasteiger partial charge in [-0.1, -0.05) is 17.7 Å². The van der Waals surface area contributed by atoms with Gasteiger partial charge in [0.25, 0.3) is 5.91 Å². The van der Waals surface area contributed by atoms with Gasteiger partial charge < -0.3 is 10.6 Å². The molecular formula is C16H16N2OS. The third-order valence-electron chi connectivity index (χ3n) is 3.44. The van der Waals surface area contributed by atoms with Gasteiger partial charge in [0.1, 0.15) is 6.04 Å². The maximum atomic E-state index is 12.1. The van der Waals surface area contributed by atoms with Crippen molar-refractivity contribution in [2.75, 3.05) is 16.9 Å². The van der Waals surface area contributed by atoms with Crippen molar-refractivity contribution in [3.05, 3.63) is 53.6 Å². The van der Waals surface area contributed by atoms with Gasteiger partial charge in [0.15, 0.2) is 0 Å². The van der Waals surface area contributed by atoms with Crippen LogP contribution < -0.4 is 10.6 Å². The summed E-state index contributed by atoms with van der Waals surface area (Å²) >= 11 is 1.70. The van der Waals surface area contributed by atoms with Crippen LogP contribution >= 0.6 is 11.8 Å². The summed E-state index contributed by atoms with van der Waals surface area (Å²) in [4.78, 5) is 13.3. The molecule has 2 N–H and O–H groups in total. The number of anilines is 2. The predicted octanol–water partition coefficient (Wildman–Crippen LogP) is 3.82. The Hall–Kier alpha value is -1.94. The first kappa shape index (κ1) is 13.1. The van der Waals surface area contributed by atoms with Gasteiger partial charge in [-0.25, -0.2) is 0 Å². The van der Waals surface area contributed by atoms with E-state index in [0.717, 1.165) is 22.5 Å². The molecule has 1 heterocycles. The standard InChI is InChI=1S/C16H16N2OS/c1-10-3-8-14-13(9-10)15(16(19)18-14)17-11-4-6-12(20-2)7-5-11/h3-9,15,17H,1-2H3,(H,18,19). The van der Waals surface area contributed by atoms with E-state index in [1.165, 1.54) is 4.90 Å². The van der Waals surface area contributed by atoms with E-state index in [4.69, 9.17) is 0 Å². The number of hydrogen-bond acceptors (Lipinski definition) is 3. The average molecular weight is 284 g/mol. The highest BCUT2D eigenvalue weighted by atomic mass is 32.2. The molecule has 1 atom stereocenters. The predicted molar refractivity (Wildman–Crippen MR) is 84.4 cm³/mol. The molecule has 1 amide bonds. The minimum Gasteiger partial charge on any atom is -0.370 e. The zero-order chi connectivity index (χ0) is 14.1. The Morgan fingerprint density at radius 3 is 2.60 bits per heavy atom. The van der Waals surface area contributed by atoms with Crippen LogP contribution in [0.25, 0.3) is 0 Å². The van der Waals surface area contributed by atoms with Crippen LogP contribution in [0.4, 0.5) is 11.4 Å². The first-order valence-corrected chi connectivity index (χ1v) is 7.72. The SMILES string of the molecule is CSc1ccc(NC2C(=O)Nc3ccc(C)cc32)cc1. The van der Waals surface area contributed by atoms with E-state index in [1.807, 2.05) is 37.4 Å². The van der Waals surface area contributed by atoms with Crippen molar-refractivity contribution in [2.24, 2.45) is 0 Å². The van der Waals surface area contributed by atoms with Gasteiger partial charge in [-0.15, -0.1) is 11.8 Å². The highest BCUT2D eigenvalue weighted by Gasteiger charge is 2.30. The smallest absolute Gasteiger partial charge is 0.251 e. The highest BCUT2D eigenvalue weighted by molar-refractivity contribution is 7.98. The number of nitrogens with one attached hydrogen (secondary N) is 2. The zero-order valence-corrected chi connectivity index (χ0v) is 12.3. The van der Waals surface area contributed by atoms with E-state index >= 15 is 0 Å². The van der Waals surface area contributed by atoms with Crippen molar-refractivity contribution in [2.45, 2.75) is 17.9 Å². The van der Waals surface area contributed by atoms with Crippen LogP contribution in [0.3, 0.4) is 0 Å². The van der Waals surface area contributed by atoms with Crippen LogP contribution in [0.15, 0.2) is 47.4 Å². The number of amides is 1. The minimum absolute atomic E-state index is 0.000423. The molecule has 0 saturated carbocycles. The molecule has 4 heteroatoms. The molecule has 0 bridgehead atoms. The van der Waals surface area contributed by atoms with Gasteiger partial charge in [-0.3, -0.25) is 4.79 Å². The molecule has 0 fully saturated rings. The van der Waals surface area contributed by atoms with E-state index in [9.17, 15) is 4.79 Å². The number of benzene rings is 2. The molecule has 3 rings (SSSR count). The normalized spacial score (nSPS) is 16.7. The van der Waals surface area contributed by atoms with Gasteiger partial charge in [0.2, 0.25) is 0 Å². The van der Waals surface area contributed by atoms with Crippen LogP contribution in [0.2, 0.25) is 0 Å². The van der Waals surface area contributed by atoms with Gasteiger partial charge in [-0.2, -0.15) is 0 Å². The molecule has 0 aromatic heterocycles. The van der Waals surface area contributed by atoms with Crippen molar-refractivity contribution in [1.29, 1.82) is 0 Å².